The zero-order valence-corrected chi connectivity index (χ0v) is 18.7. The number of benzene rings is 1. The van der Waals surface area contributed by atoms with Crippen molar-refractivity contribution in [3.05, 3.63) is 34.4 Å². The lowest BCUT2D eigenvalue weighted by molar-refractivity contribution is -0.384. The van der Waals surface area contributed by atoms with Gasteiger partial charge in [0.15, 0.2) is 0 Å². The van der Waals surface area contributed by atoms with Crippen LogP contribution in [0, 0.1) is 16.0 Å². The number of rotatable bonds is 6. The molecule has 1 saturated carbocycles. The number of nitro benzene ring substituents is 1. The maximum atomic E-state index is 12.8. The lowest BCUT2D eigenvalue weighted by Crippen LogP contribution is -2.54. The van der Waals surface area contributed by atoms with Gasteiger partial charge in [-0.05, 0) is 24.8 Å². The fourth-order valence-electron chi connectivity index (χ4n) is 5.12. The van der Waals surface area contributed by atoms with Crippen LogP contribution in [0.4, 0.5) is 11.4 Å². The molecule has 1 aromatic carbocycles. The number of hydrogen-bond donors (Lipinski definition) is 0. The highest BCUT2D eigenvalue weighted by Gasteiger charge is 2.29. The van der Waals surface area contributed by atoms with E-state index in [1.807, 2.05) is 14.7 Å². The van der Waals surface area contributed by atoms with Crippen molar-refractivity contribution in [2.75, 3.05) is 63.8 Å². The zero-order chi connectivity index (χ0) is 22.5. The number of nitro groups is 1. The molecule has 0 unspecified atom stereocenters. The van der Waals surface area contributed by atoms with Gasteiger partial charge in [0, 0.05) is 64.8 Å². The highest BCUT2D eigenvalue weighted by atomic mass is 16.6. The van der Waals surface area contributed by atoms with Gasteiger partial charge in [-0.2, -0.15) is 0 Å². The second-order valence-electron chi connectivity index (χ2n) is 9.13. The Bertz CT molecular complexity index is 825. The summed E-state index contributed by atoms with van der Waals surface area (Å²) in [5.41, 5.74) is 0.718. The monoisotopic (exact) mass is 443 g/mol. The van der Waals surface area contributed by atoms with E-state index in [-0.39, 0.29) is 22.4 Å². The Labute approximate surface area is 189 Å². The minimum Gasteiger partial charge on any atom is -0.362 e. The molecule has 0 bridgehead atoms. The van der Waals surface area contributed by atoms with Crippen LogP contribution in [0.3, 0.4) is 0 Å². The van der Waals surface area contributed by atoms with Gasteiger partial charge >= 0.3 is 0 Å². The van der Waals surface area contributed by atoms with Gasteiger partial charge in [0.1, 0.15) is 5.69 Å². The van der Waals surface area contributed by atoms with E-state index in [1.54, 1.807) is 18.2 Å². The quantitative estimate of drug-likeness (QED) is 0.493. The van der Waals surface area contributed by atoms with Crippen molar-refractivity contribution in [3.8, 4) is 0 Å². The van der Waals surface area contributed by atoms with Crippen molar-refractivity contribution in [3.63, 3.8) is 0 Å². The van der Waals surface area contributed by atoms with E-state index in [2.05, 4.69) is 4.90 Å². The molecule has 9 heteroatoms. The molecular formula is C23H33N5O4. The van der Waals surface area contributed by atoms with Gasteiger partial charge in [-0.3, -0.25) is 24.6 Å². The number of carbonyl (C=O) groups excluding carboxylic acids is 2. The molecule has 174 valence electrons. The molecule has 2 amide bonds. The normalized spacial score (nSPS) is 20.6. The molecule has 32 heavy (non-hydrogen) atoms. The number of para-hydroxylation sites is 2. The van der Waals surface area contributed by atoms with Crippen LogP contribution in [0.5, 0.6) is 0 Å². The Hall–Kier alpha value is -2.68. The molecule has 9 nitrogen and oxygen atoms in total. The molecule has 1 aromatic rings. The molecule has 0 radical (unpaired) electrons. The molecule has 0 spiro atoms. The van der Waals surface area contributed by atoms with Crippen LogP contribution in [0.1, 0.15) is 32.1 Å². The molecule has 2 saturated heterocycles. The van der Waals surface area contributed by atoms with Crippen LogP contribution >= 0.6 is 0 Å². The van der Waals surface area contributed by atoms with E-state index in [1.165, 1.54) is 31.7 Å². The first-order chi connectivity index (χ1) is 15.5. The minimum atomic E-state index is -0.356. The fraction of sp³-hybridized carbons (Fsp3) is 0.652. The molecular weight excluding hydrogens is 410 g/mol. The van der Waals surface area contributed by atoms with Crippen LogP contribution in [0.2, 0.25) is 0 Å². The summed E-state index contributed by atoms with van der Waals surface area (Å²) >= 11 is 0. The lowest BCUT2D eigenvalue weighted by Gasteiger charge is -2.38. The van der Waals surface area contributed by atoms with E-state index in [0.29, 0.717) is 63.8 Å². The first kappa shape index (κ1) is 22.5. The second-order valence-corrected chi connectivity index (χ2v) is 9.13. The van der Waals surface area contributed by atoms with E-state index in [4.69, 9.17) is 0 Å². The summed E-state index contributed by atoms with van der Waals surface area (Å²) in [5, 5.41) is 11.3. The van der Waals surface area contributed by atoms with Gasteiger partial charge in [0.2, 0.25) is 11.8 Å². The molecule has 0 aromatic heterocycles. The van der Waals surface area contributed by atoms with Crippen LogP contribution < -0.4 is 4.90 Å². The van der Waals surface area contributed by atoms with Gasteiger partial charge < -0.3 is 14.7 Å². The van der Waals surface area contributed by atoms with E-state index >= 15 is 0 Å². The zero-order valence-electron chi connectivity index (χ0n) is 18.7. The first-order valence-electron chi connectivity index (χ1n) is 11.8. The third-order valence-electron chi connectivity index (χ3n) is 7.07. The maximum absolute atomic E-state index is 12.8. The average Bonchev–Trinajstić information content (AvgIpc) is 3.32. The van der Waals surface area contributed by atoms with Crippen molar-refractivity contribution < 1.29 is 14.5 Å². The Morgan fingerprint density at radius 2 is 1.47 bits per heavy atom. The smallest absolute Gasteiger partial charge is 0.292 e. The predicted octanol–water partition coefficient (Wildman–Crippen LogP) is 1.97. The SMILES string of the molecule is O=C(CC1CCCC1)N1CCN(CC(=O)N2CCN(c3ccccc3[N+](=O)[O-])CC2)CC1. The Kier molecular flexibility index (Phi) is 7.24. The number of anilines is 1. The second kappa shape index (κ2) is 10.3. The van der Waals surface area contributed by atoms with E-state index in [9.17, 15) is 19.7 Å². The average molecular weight is 444 g/mol. The molecule has 0 N–H and O–H groups in total. The first-order valence-corrected chi connectivity index (χ1v) is 11.8. The van der Waals surface area contributed by atoms with Crippen molar-refractivity contribution in [1.29, 1.82) is 0 Å². The fourth-order valence-corrected chi connectivity index (χ4v) is 5.12. The molecule has 4 rings (SSSR count). The number of piperazine rings is 2. The Balaban J connectivity index is 1.20. The highest BCUT2D eigenvalue weighted by molar-refractivity contribution is 5.79. The molecule has 2 aliphatic heterocycles. The Morgan fingerprint density at radius 3 is 2.12 bits per heavy atom. The van der Waals surface area contributed by atoms with Gasteiger partial charge in [-0.1, -0.05) is 25.0 Å². The summed E-state index contributed by atoms with van der Waals surface area (Å²) in [6.45, 7) is 5.52. The molecule has 2 heterocycles. The third kappa shape index (κ3) is 5.38. The number of carbonyl (C=O) groups is 2. The number of hydrogen-bond acceptors (Lipinski definition) is 6. The van der Waals surface area contributed by atoms with Crippen LogP contribution in [-0.2, 0) is 9.59 Å². The summed E-state index contributed by atoms with van der Waals surface area (Å²) < 4.78 is 0. The summed E-state index contributed by atoms with van der Waals surface area (Å²) in [6.07, 6.45) is 5.56. The predicted molar refractivity (Wildman–Crippen MR) is 121 cm³/mol. The van der Waals surface area contributed by atoms with Crippen LogP contribution in [0.25, 0.3) is 0 Å². The van der Waals surface area contributed by atoms with Gasteiger partial charge in [-0.15, -0.1) is 0 Å². The van der Waals surface area contributed by atoms with E-state index in [0.717, 1.165) is 13.1 Å². The summed E-state index contributed by atoms with van der Waals surface area (Å²) in [5.74, 6) is 0.935. The molecule has 0 atom stereocenters. The van der Waals surface area contributed by atoms with E-state index < -0.39 is 0 Å². The topological polar surface area (TPSA) is 90.2 Å². The lowest BCUT2D eigenvalue weighted by atomic mass is 10.0. The molecule has 3 aliphatic rings. The largest absolute Gasteiger partial charge is 0.362 e. The van der Waals surface area contributed by atoms with Crippen molar-refractivity contribution in [1.82, 2.24) is 14.7 Å². The van der Waals surface area contributed by atoms with Crippen LogP contribution in [0.15, 0.2) is 24.3 Å². The van der Waals surface area contributed by atoms with Gasteiger partial charge in [0.05, 0.1) is 11.5 Å². The summed E-state index contributed by atoms with van der Waals surface area (Å²) in [6, 6.07) is 6.76. The number of nitrogens with zero attached hydrogens (tertiary/aromatic N) is 5. The Morgan fingerprint density at radius 1 is 0.875 bits per heavy atom. The van der Waals surface area contributed by atoms with Crippen molar-refractivity contribution >= 4 is 23.2 Å². The number of amides is 2. The van der Waals surface area contributed by atoms with Crippen molar-refractivity contribution in [2.24, 2.45) is 5.92 Å². The van der Waals surface area contributed by atoms with Gasteiger partial charge in [0.25, 0.3) is 5.69 Å². The van der Waals surface area contributed by atoms with Gasteiger partial charge in [-0.25, -0.2) is 0 Å². The third-order valence-corrected chi connectivity index (χ3v) is 7.07. The minimum absolute atomic E-state index is 0.0953. The van der Waals surface area contributed by atoms with Crippen molar-refractivity contribution in [2.45, 2.75) is 32.1 Å². The molecule has 1 aliphatic carbocycles. The summed E-state index contributed by atoms with van der Waals surface area (Å²) in [7, 11) is 0. The maximum Gasteiger partial charge on any atom is 0.292 e. The standard InChI is InChI=1S/C23H33N5O4/c29-22(17-19-5-1-2-6-19)26-11-9-24(10-12-26)18-23(30)27-15-13-25(14-16-27)20-7-3-4-8-21(20)28(31)32/h3-4,7-8,19H,1-2,5-6,9-18H2. The highest BCUT2D eigenvalue weighted by Crippen LogP contribution is 2.29. The van der Waals surface area contributed by atoms with Crippen LogP contribution in [-0.4, -0.2) is 90.3 Å². The molecule has 3 fully saturated rings. The summed E-state index contributed by atoms with van der Waals surface area (Å²) in [4.78, 5) is 44.2.